The molecule has 0 amide bonds. The maximum absolute atomic E-state index is 6.39. The number of rotatable bonds is 2. The summed E-state index contributed by atoms with van der Waals surface area (Å²) in [4.78, 5) is 12.7. The molecule has 1 aliphatic heterocycles. The maximum atomic E-state index is 6.39. The van der Waals surface area contributed by atoms with E-state index in [1.807, 2.05) is 36.4 Å². The number of anilines is 3. The fraction of sp³-hybridized carbons (Fsp3) is 0. The Labute approximate surface area is 235 Å². The van der Waals surface area contributed by atoms with E-state index in [4.69, 9.17) is 14.4 Å². The number of aromatic nitrogens is 3. The highest BCUT2D eigenvalue weighted by Crippen LogP contribution is 2.48. The molecule has 1 aliphatic rings. The molecule has 0 bridgehead atoms. The summed E-state index contributed by atoms with van der Waals surface area (Å²) in [5.41, 5.74) is 9.58. The number of fused-ring (bicyclic) bond motifs is 10. The quantitative estimate of drug-likeness (QED) is 0.225. The molecule has 0 aliphatic carbocycles. The number of benzene rings is 5. The average Bonchev–Trinajstić information content (AvgIpc) is 3.57. The monoisotopic (exact) mass is 526 g/mol. The molecular formula is C36H22N4O. The summed E-state index contributed by atoms with van der Waals surface area (Å²) in [6, 6.07) is 46.1. The van der Waals surface area contributed by atoms with Gasteiger partial charge in [0, 0.05) is 27.5 Å². The molecule has 5 aromatic carbocycles. The van der Waals surface area contributed by atoms with Gasteiger partial charge in [0.15, 0.2) is 5.58 Å². The largest absolute Gasteiger partial charge is 0.452 e. The number of hydrogen-bond acceptors (Lipinski definition) is 4. The second-order valence-corrected chi connectivity index (χ2v) is 10.3. The van der Waals surface area contributed by atoms with E-state index in [1.54, 1.807) is 0 Å². The lowest BCUT2D eigenvalue weighted by Gasteiger charge is -2.24. The first kappa shape index (κ1) is 22.2. The van der Waals surface area contributed by atoms with Gasteiger partial charge < -0.3 is 4.42 Å². The van der Waals surface area contributed by atoms with Gasteiger partial charge in [-0.3, -0.25) is 9.47 Å². The molecule has 0 radical (unpaired) electrons. The molecule has 0 atom stereocenters. The highest BCUT2D eigenvalue weighted by molar-refractivity contribution is 6.07. The molecule has 3 aromatic heterocycles. The van der Waals surface area contributed by atoms with Gasteiger partial charge in [0.1, 0.15) is 22.6 Å². The summed E-state index contributed by atoms with van der Waals surface area (Å²) < 4.78 is 8.72. The molecule has 0 unspecified atom stereocenters. The lowest BCUT2D eigenvalue weighted by atomic mass is 10.0. The Balaban J connectivity index is 1.44. The van der Waals surface area contributed by atoms with Gasteiger partial charge in [-0.25, -0.2) is 9.97 Å². The molecule has 4 heterocycles. The zero-order valence-corrected chi connectivity index (χ0v) is 21.9. The normalized spacial score (nSPS) is 12.3. The Hall–Kier alpha value is -5.68. The van der Waals surface area contributed by atoms with Crippen molar-refractivity contribution in [3.8, 4) is 28.1 Å². The predicted octanol–water partition coefficient (Wildman–Crippen LogP) is 9.44. The Morgan fingerprint density at radius 3 is 2.15 bits per heavy atom. The van der Waals surface area contributed by atoms with E-state index in [2.05, 4.69) is 107 Å². The van der Waals surface area contributed by atoms with Crippen LogP contribution in [0, 0.1) is 0 Å². The summed E-state index contributed by atoms with van der Waals surface area (Å²) in [7, 11) is 0. The summed E-state index contributed by atoms with van der Waals surface area (Å²) in [5.74, 6) is 1.57. The van der Waals surface area contributed by atoms with Crippen LogP contribution in [0.3, 0.4) is 0 Å². The van der Waals surface area contributed by atoms with Crippen LogP contribution in [0.15, 0.2) is 138 Å². The van der Waals surface area contributed by atoms with Crippen molar-refractivity contribution in [2.24, 2.45) is 0 Å². The van der Waals surface area contributed by atoms with Crippen molar-refractivity contribution in [2.75, 3.05) is 4.90 Å². The third-order valence-corrected chi connectivity index (χ3v) is 7.96. The third-order valence-electron chi connectivity index (χ3n) is 7.96. The number of nitrogens with zero attached hydrogens (tertiary/aromatic N) is 4. The fourth-order valence-corrected chi connectivity index (χ4v) is 6.16. The molecule has 0 spiro atoms. The first-order chi connectivity index (χ1) is 20.3. The molecular weight excluding hydrogens is 504 g/mol. The molecule has 192 valence electrons. The molecule has 0 saturated carbocycles. The topological polar surface area (TPSA) is 47.1 Å². The number of para-hydroxylation sites is 4. The maximum Gasteiger partial charge on any atom is 0.237 e. The van der Waals surface area contributed by atoms with Gasteiger partial charge in [-0.2, -0.15) is 0 Å². The summed E-state index contributed by atoms with van der Waals surface area (Å²) in [6.07, 6.45) is 0. The zero-order chi connectivity index (χ0) is 26.9. The van der Waals surface area contributed by atoms with Crippen molar-refractivity contribution >= 4 is 50.4 Å². The lowest BCUT2D eigenvalue weighted by molar-refractivity contribution is 0.667. The van der Waals surface area contributed by atoms with E-state index in [0.717, 1.165) is 67.0 Å². The Morgan fingerprint density at radius 2 is 1.27 bits per heavy atom. The highest BCUT2D eigenvalue weighted by Gasteiger charge is 2.30. The van der Waals surface area contributed by atoms with Crippen molar-refractivity contribution in [2.45, 2.75) is 0 Å². The second kappa shape index (κ2) is 8.41. The van der Waals surface area contributed by atoms with Crippen LogP contribution in [0.2, 0.25) is 0 Å². The predicted molar refractivity (Wildman–Crippen MR) is 165 cm³/mol. The lowest BCUT2D eigenvalue weighted by Crippen LogP contribution is -2.16. The van der Waals surface area contributed by atoms with Crippen molar-refractivity contribution in [1.29, 1.82) is 0 Å². The zero-order valence-electron chi connectivity index (χ0n) is 21.9. The van der Waals surface area contributed by atoms with Crippen molar-refractivity contribution in [1.82, 2.24) is 14.5 Å². The van der Waals surface area contributed by atoms with Crippen LogP contribution in [0.4, 0.5) is 17.5 Å². The van der Waals surface area contributed by atoms with Crippen molar-refractivity contribution < 1.29 is 4.42 Å². The molecule has 0 saturated heterocycles. The van der Waals surface area contributed by atoms with Gasteiger partial charge in [0.2, 0.25) is 5.95 Å². The van der Waals surface area contributed by atoms with Gasteiger partial charge in [0.05, 0.1) is 16.9 Å². The Bertz CT molecular complexity index is 2280. The summed E-state index contributed by atoms with van der Waals surface area (Å²) in [6.45, 7) is 0. The minimum atomic E-state index is 0.590. The van der Waals surface area contributed by atoms with Crippen LogP contribution in [0.25, 0.3) is 61.0 Å². The van der Waals surface area contributed by atoms with Crippen LogP contribution in [-0.2, 0) is 0 Å². The molecule has 5 heteroatoms. The number of hydrogen-bond donors (Lipinski definition) is 0. The minimum absolute atomic E-state index is 0.590. The fourth-order valence-electron chi connectivity index (χ4n) is 6.16. The summed E-state index contributed by atoms with van der Waals surface area (Å²) >= 11 is 0. The van der Waals surface area contributed by atoms with E-state index in [0.29, 0.717) is 11.5 Å². The van der Waals surface area contributed by atoms with Gasteiger partial charge in [0.25, 0.3) is 0 Å². The van der Waals surface area contributed by atoms with Crippen molar-refractivity contribution in [3.63, 3.8) is 0 Å². The van der Waals surface area contributed by atoms with E-state index in [-0.39, 0.29) is 0 Å². The van der Waals surface area contributed by atoms with E-state index < -0.39 is 0 Å². The van der Waals surface area contributed by atoms with Crippen LogP contribution < -0.4 is 4.90 Å². The van der Waals surface area contributed by atoms with E-state index in [1.165, 1.54) is 0 Å². The Morgan fingerprint density at radius 1 is 0.585 bits per heavy atom. The van der Waals surface area contributed by atoms with Crippen LogP contribution in [-0.4, -0.2) is 14.5 Å². The third kappa shape index (κ3) is 3.17. The molecule has 8 aromatic rings. The standard InChI is InChI=1S/C36H22N4O/c1-2-12-23(13-3-1)33-35-34(27-17-7-11-21-31(27)41-35)38-36(37-33)40-30-20-10-6-16-26(30)25-15-5-9-19-29(25)39-28-18-8-4-14-24(28)22-32(39)40/h1-22H. The number of furan rings is 1. The van der Waals surface area contributed by atoms with Gasteiger partial charge >= 0.3 is 0 Å². The van der Waals surface area contributed by atoms with Crippen LogP contribution in [0.1, 0.15) is 0 Å². The molecule has 0 fully saturated rings. The minimum Gasteiger partial charge on any atom is -0.452 e. The summed E-state index contributed by atoms with van der Waals surface area (Å²) in [5, 5.41) is 2.12. The van der Waals surface area contributed by atoms with E-state index in [9.17, 15) is 0 Å². The molecule has 5 nitrogen and oxygen atoms in total. The van der Waals surface area contributed by atoms with Crippen LogP contribution in [0.5, 0.6) is 0 Å². The molecule has 9 rings (SSSR count). The molecule has 41 heavy (non-hydrogen) atoms. The Kier molecular flexibility index (Phi) is 4.55. The van der Waals surface area contributed by atoms with E-state index >= 15 is 0 Å². The second-order valence-electron chi connectivity index (χ2n) is 10.3. The highest BCUT2D eigenvalue weighted by atomic mass is 16.3. The van der Waals surface area contributed by atoms with Gasteiger partial charge in [-0.05, 0) is 36.4 Å². The SMILES string of the molecule is c1ccc(-c2nc(N3c4ccccc4-c4ccccc4-n4c3cc3ccccc34)nc3c2oc2ccccc23)cc1. The smallest absolute Gasteiger partial charge is 0.237 e. The average molecular weight is 527 g/mol. The van der Waals surface area contributed by atoms with Gasteiger partial charge in [-0.1, -0.05) is 97.1 Å². The molecule has 0 N–H and O–H groups in total. The first-order valence-electron chi connectivity index (χ1n) is 13.7. The van der Waals surface area contributed by atoms with Crippen LogP contribution >= 0.6 is 0 Å². The van der Waals surface area contributed by atoms with Gasteiger partial charge in [-0.15, -0.1) is 0 Å². The van der Waals surface area contributed by atoms with Crippen molar-refractivity contribution in [3.05, 3.63) is 133 Å². The first-order valence-corrected chi connectivity index (χ1v) is 13.7.